The minimum absolute atomic E-state index is 0.122. The van der Waals surface area contributed by atoms with E-state index in [0.717, 1.165) is 22.3 Å². The van der Waals surface area contributed by atoms with Crippen LogP contribution in [-0.2, 0) is 6.54 Å². The number of phenols is 1. The number of carbonyl (C=O) groups is 1. The molecule has 38 heavy (non-hydrogen) atoms. The lowest BCUT2D eigenvalue weighted by atomic mass is 9.93. The number of aromatic nitrogens is 3. The van der Waals surface area contributed by atoms with Gasteiger partial charge in [-0.25, -0.2) is 0 Å². The fraction of sp³-hybridized carbons (Fsp3) is 0.233. The molecule has 2 aromatic heterocycles. The molecule has 2 N–H and O–H groups in total. The van der Waals surface area contributed by atoms with Crippen LogP contribution >= 0.6 is 0 Å². The average Bonchev–Trinajstić information content (AvgIpc) is 3.42. The Bertz CT molecular complexity index is 1470. The topological polar surface area (TPSA) is 101 Å². The first-order valence-electron chi connectivity index (χ1n) is 12.5. The van der Waals surface area contributed by atoms with E-state index in [1.165, 1.54) is 0 Å². The minimum Gasteiger partial charge on any atom is -0.507 e. The number of hydrogen-bond acceptors (Lipinski definition) is 6. The molecule has 1 unspecified atom stereocenters. The summed E-state index contributed by atoms with van der Waals surface area (Å²) in [5.74, 6) is 1.12. The number of carbonyl (C=O) groups excluding carboxylic acids is 1. The van der Waals surface area contributed by atoms with Gasteiger partial charge in [0.05, 0.1) is 12.6 Å². The number of pyridine rings is 1. The molecule has 8 heteroatoms. The second-order valence-electron chi connectivity index (χ2n) is 9.27. The summed E-state index contributed by atoms with van der Waals surface area (Å²) in [6.07, 6.45) is 5.13. The van der Waals surface area contributed by atoms with E-state index in [9.17, 15) is 9.90 Å². The summed E-state index contributed by atoms with van der Waals surface area (Å²) in [4.78, 5) is 19.8. The molecule has 3 heterocycles. The van der Waals surface area contributed by atoms with Crippen molar-refractivity contribution in [2.24, 2.45) is 0 Å². The first kappa shape index (κ1) is 25.1. The van der Waals surface area contributed by atoms with E-state index in [-0.39, 0.29) is 11.7 Å². The Balaban J connectivity index is 1.68. The molecule has 5 rings (SSSR count). The fourth-order valence-electron chi connectivity index (χ4n) is 5.07. The number of benzene rings is 2. The van der Waals surface area contributed by atoms with Crippen LogP contribution in [0.2, 0.25) is 0 Å². The van der Waals surface area contributed by atoms with Gasteiger partial charge in [-0.2, -0.15) is 5.10 Å². The molecule has 1 aliphatic heterocycles. The van der Waals surface area contributed by atoms with Crippen LogP contribution in [0.25, 0.3) is 11.3 Å². The van der Waals surface area contributed by atoms with Crippen LogP contribution in [0.5, 0.6) is 17.2 Å². The number of aromatic amines is 1. The molecule has 0 saturated heterocycles. The second kappa shape index (κ2) is 10.4. The van der Waals surface area contributed by atoms with E-state index in [1.807, 2.05) is 57.2 Å². The van der Waals surface area contributed by atoms with Crippen molar-refractivity contribution < 1.29 is 19.4 Å². The first-order chi connectivity index (χ1) is 18.4. The largest absolute Gasteiger partial charge is 0.507 e. The Morgan fingerprint density at radius 3 is 2.71 bits per heavy atom. The molecule has 0 bridgehead atoms. The lowest BCUT2D eigenvalue weighted by Gasteiger charge is -2.27. The summed E-state index contributed by atoms with van der Waals surface area (Å²) in [5.41, 5.74) is 5.81. The highest BCUT2D eigenvalue weighted by atomic mass is 16.5. The van der Waals surface area contributed by atoms with Gasteiger partial charge in [-0.15, -0.1) is 0 Å². The van der Waals surface area contributed by atoms with Crippen LogP contribution in [0.4, 0.5) is 0 Å². The molecule has 0 saturated carbocycles. The third-order valence-electron chi connectivity index (χ3n) is 6.58. The van der Waals surface area contributed by atoms with Crippen molar-refractivity contribution in [1.29, 1.82) is 0 Å². The Kier molecular flexibility index (Phi) is 6.87. The van der Waals surface area contributed by atoms with Crippen molar-refractivity contribution >= 4 is 5.91 Å². The molecule has 0 radical (unpaired) electrons. The normalized spacial score (nSPS) is 14.4. The van der Waals surface area contributed by atoms with Gasteiger partial charge >= 0.3 is 0 Å². The monoisotopic (exact) mass is 510 g/mol. The SMILES string of the molecule is C=CCOc1ccc(C2c3c(-c4c(C)cc(C)cc4O)n[nH]c3C(=O)N2Cc2cccnc2)cc1OCC. The number of rotatable bonds is 9. The van der Waals surface area contributed by atoms with Crippen molar-refractivity contribution in [3.8, 4) is 28.5 Å². The van der Waals surface area contributed by atoms with Crippen LogP contribution in [-0.4, -0.2) is 44.3 Å². The number of phenolic OH excluding ortho intramolecular Hbond substituents is 1. The summed E-state index contributed by atoms with van der Waals surface area (Å²) in [5, 5.41) is 18.4. The molecule has 0 fully saturated rings. The molecule has 1 atom stereocenters. The van der Waals surface area contributed by atoms with Gasteiger partial charge in [0.25, 0.3) is 5.91 Å². The number of ether oxygens (including phenoxy) is 2. The second-order valence-corrected chi connectivity index (χ2v) is 9.27. The third kappa shape index (κ3) is 4.49. The zero-order chi connectivity index (χ0) is 26.8. The average molecular weight is 511 g/mol. The predicted octanol–water partition coefficient (Wildman–Crippen LogP) is 5.50. The summed E-state index contributed by atoms with van der Waals surface area (Å²) < 4.78 is 11.7. The van der Waals surface area contributed by atoms with Crippen molar-refractivity contribution in [2.75, 3.05) is 13.2 Å². The first-order valence-corrected chi connectivity index (χ1v) is 12.5. The number of amides is 1. The van der Waals surface area contributed by atoms with Gasteiger partial charge in [-0.3, -0.25) is 14.9 Å². The van der Waals surface area contributed by atoms with Crippen molar-refractivity contribution in [3.05, 3.63) is 101 Å². The molecule has 1 aliphatic rings. The molecule has 0 aliphatic carbocycles. The molecular formula is C30H30N4O4. The third-order valence-corrected chi connectivity index (χ3v) is 6.58. The van der Waals surface area contributed by atoms with Gasteiger partial charge in [0, 0.05) is 30.1 Å². The van der Waals surface area contributed by atoms with Gasteiger partial charge < -0.3 is 19.5 Å². The van der Waals surface area contributed by atoms with E-state index in [0.29, 0.717) is 53.8 Å². The zero-order valence-corrected chi connectivity index (χ0v) is 21.7. The van der Waals surface area contributed by atoms with Crippen LogP contribution in [0.1, 0.15) is 51.3 Å². The highest BCUT2D eigenvalue weighted by Crippen LogP contribution is 2.47. The van der Waals surface area contributed by atoms with Crippen molar-refractivity contribution in [3.63, 3.8) is 0 Å². The van der Waals surface area contributed by atoms with Crippen LogP contribution in [0, 0.1) is 13.8 Å². The van der Waals surface area contributed by atoms with E-state index in [4.69, 9.17) is 9.47 Å². The van der Waals surface area contributed by atoms with Crippen molar-refractivity contribution in [2.45, 2.75) is 33.4 Å². The lowest BCUT2D eigenvalue weighted by molar-refractivity contribution is 0.0729. The number of H-pyrrole nitrogens is 1. The van der Waals surface area contributed by atoms with E-state index < -0.39 is 6.04 Å². The highest BCUT2D eigenvalue weighted by Gasteiger charge is 2.43. The molecule has 0 spiro atoms. The predicted molar refractivity (Wildman–Crippen MR) is 144 cm³/mol. The van der Waals surface area contributed by atoms with E-state index in [1.54, 1.807) is 29.4 Å². The summed E-state index contributed by atoms with van der Waals surface area (Å²) in [6.45, 7) is 10.6. The summed E-state index contributed by atoms with van der Waals surface area (Å²) in [6, 6.07) is 12.7. The van der Waals surface area contributed by atoms with Crippen LogP contribution < -0.4 is 9.47 Å². The number of aryl methyl sites for hydroxylation is 2. The summed E-state index contributed by atoms with van der Waals surface area (Å²) >= 11 is 0. The van der Waals surface area contributed by atoms with Gasteiger partial charge in [0.1, 0.15) is 23.7 Å². The van der Waals surface area contributed by atoms with Crippen LogP contribution in [0.3, 0.4) is 0 Å². The standard InChI is InChI=1S/C30H30N4O4/c1-5-12-38-23-10-9-21(15-24(23)37-6-2)29-26-27(25-19(4)13-18(3)14-22(25)35)32-33-28(26)30(36)34(29)17-20-8-7-11-31-16-20/h5,7-11,13-16,29,35H,1,6,12,17H2,2-4H3,(H,32,33). The number of nitrogens with zero attached hydrogens (tertiary/aromatic N) is 3. The summed E-state index contributed by atoms with van der Waals surface area (Å²) in [7, 11) is 0. The quantitative estimate of drug-likeness (QED) is 0.288. The fourth-order valence-corrected chi connectivity index (χ4v) is 5.07. The Labute approximate surface area is 221 Å². The molecule has 4 aromatic rings. The van der Waals surface area contributed by atoms with Gasteiger partial charge in [-0.05, 0) is 67.3 Å². The molecule has 1 amide bonds. The minimum atomic E-state index is -0.487. The molecular weight excluding hydrogens is 480 g/mol. The van der Waals surface area contributed by atoms with Crippen LogP contribution in [0.15, 0.2) is 67.5 Å². The number of aromatic hydroxyl groups is 1. The Morgan fingerprint density at radius 1 is 1.16 bits per heavy atom. The molecule has 2 aromatic carbocycles. The van der Waals surface area contributed by atoms with Gasteiger partial charge in [0.2, 0.25) is 0 Å². The number of nitrogens with one attached hydrogen (secondary N) is 1. The zero-order valence-electron chi connectivity index (χ0n) is 21.7. The Hall–Kier alpha value is -4.59. The maximum atomic E-state index is 13.8. The molecule has 194 valence electrons. The van der Waals surface area contributed by atoms with Gasteiger partial charge in [0.15, 0.2) is 11.5 Å². The Morgan fingerprint density at radius 2 is 2.00 bits per heavy atom. The molecule has 8 nitrogen and oxygen atoms in total. The van der Waals surface area contributed by atoms with Gasteiger partial charge in [-0.1, -0.05) is 30.9 Å². The van der Waals surface area contributed by atoms with Crippen molar-refractivity contribution in [1.82, 2.24) is 20.1 Å². The number of hydrogen-bond donors (Lipinski definition) is 2. The van der Waals surface area contributed by atoms with E-state index in [2.05, 4.69) is 21.8 Å². The number of fused-ring (bicyclic) bond motifs is 1. The maximum Gasteiger partial charge on any atom is 0.273 e. The van der Waals surface area contributed by atoms with E-state index >= 15 is 0 Å². The maximum absolute atomic E-state index is 13.8. The highest BCUT2D eigenvalue weighted by molar-refractivity contribution is 6.00. The lowest BCUT2D eigenvalue weighted by Crippen LogP contribution is -2.29. The smallest absolute Gasteiger partial charge is 0.273 e.